The van der Waals surface area contributed by atoms with Crippen molar-refractivity contribution in [2.75, 3.05) is 26.4 Å². The van der Waals surface area contributed by atoms with E-state index in [1.54, 1.807) is 6.92 Å². The number of likely N-dealkylation sites (N-methyl/N-ethyl adjacent to an activating group) is 1. The van der Waals surface area contributed by atoms with E-state index >= 15 is 0 Å². The fraction of sp³-hybridized carbons (Fsp3) is 0.452. The van der Waals surface area contributed by atoms with Gasteiger partial charge in [0.25, 0.3) is 0 Å². The summed E-state index contributed by atoms with van der Waals surface area (Å²) in [6, 6.07) is 16.3. The van der Waals surface area contributed by atoms with Gasteiger partial charge in [0.2, 0.25) is 0 Å². The number of para-hydroxylation sites is 1. The van der Waals surface area contributed by atoms with E-state index in [9.17, 15) is 4.79 Å². The number of ether oxygens (including phenoxy) is 1. The minimum Gasteiger partial charge on any atom is -0.427 e. The van der Waals surface area contributed by atoms with E-state index in [4.69, 9.17) is 15.5 Å². The first-order chi connectivity index (χ1) is 18.9. The van der Waals surface area contributed by atoms with Crippen LogP contribution in [0.1, 0.15) is 57.3 Å². The zero-order valence-corrected chi connectivity index (χ0v) is 23.7. The third-order valence-corrected chi connectivity index (χ3v) is 7.00. The quantitative estimate of drug-likeness (QED) is 0.168. The smallest absolute Gasteiger partial charge is 0.310 e. The van der Waals surface area contributed by atoms with Gasteiger partial charge in [0, 0.05) is 43.9 Å². The predicted octanol–water partition coefficient (Wildman–Crippen LogP) is 5.32. The summed E-state index contributed by atoms with van der Waals surface area (Å²) >= 11 is 0. The minimum atomic E-state index is -0.220. The number of nitrogens with one attached hydrogen (secondary N) is 1. The van der Waals surface area contributed by atoms with Crippen molar-refractivity contribution in [3.63, 3.8) is 0 Å². The van der Waals surface area contributed by atoms with Crippen LogP contribution in [0.2, 0.25) is 0 Å². The van der Waals surface area contributed by atoms with Crippen molar-refractivity contribution < 1.29 is 9.53 Å². The second-order valence-corrected chi connectivity index (χ2v) is 10.4. The van der Waals surface area contributed by atoms with Crippen molar-refractivity contribution >= 4 is 33.7 Å². The molecule has 0 aliphatic rings. The first kappa shape index (κ1) is 28.5. The van der Waals surface area contributed by atoms with Crippen LogP contribution >= 0.6 is 0 Å². The molecule has 0 saturated heterocycles. The van der Waals surface area contributed by atoms with E-state index in [1.807, 2.05) is 36.4 Å². The topological polar surface area (TPSA) is 98.3 Å². The minimum absolute atomic E-state index is 0.220. The Hall–Kier alpha value is -3.49. The summed E-state index contributed by atoms with van der Waals surface area (Å²) in [7, 11) is 4.22. The van der Waals surface area contributed by atoms with Gasteiger partial charge in [0.05, 0.1) is 11.0 Å². The molecule has 4 rings (SSSR count). The average Bonchev–Trinajstić information content (AvgIpc) is 3.30. The molecular weight excluding hydrogens is 488 g/mol. The van der Waals surface area contributed by atoms with Crippen LogP contribution in [-0.4, -0.2) is 52.1 Å². The molecule has 0 amide bonds. The molecule has 208 valence electrons. The van der Waals surface area contributed by atoms with Gasteiger partial charge in [-0.05, 0) is 57.1 Å². The number of hydrogen-bond donors (Lipinski definition) is 2. The lowest BCUT2D eigenvalue weighted by molar-refractivity contribution is -0.134. The molecule has 0 aliphatic heterocycles. The summed E-state index contributed by atoms with van der Waals surface area (Å²) in [5.74, 6) is 1.97. The van der Waals surface area contributed by atoms with E-state index in [0.29, 0.717) is 24.0 Å². The van der Waals surface area contributed by atoms with E-state index in [0.717, 1.165) is 85.1 Å². The van der Waals surface area contributed by atoms with Crippen molar-refractivity contribution in [1.82, 2.24) is 24.8 Å². The number of esters is 1. The Bertz CT molecular complexity index is 1380. The summed E-state index contributed by atoms with van der Waals surface area (Å²) in [5, 5.41) is 4.84. The number of rotatable bonds is 14. The first-order valence-corrected chi connectivity index (χ1v) is 14.1. The number of hydrogen-bond acceptors (Lipinski definition) is 7. The van der Waals surface area contributed by atoms with Gasteiger partial charge in [0.15, 0.2) is 5.82 Å². The summed E-state index contributed by atoms with van der Waals surface area (Å²) < 4.78 is 7.68. The molecular formula is C31H42N6O2. The Morgan fingerprint density at radius 1 is 1.08 bits per heavy atom. The van der Waals surface area contributed by atoms with Gasteiger partial charge in [0.1, 0.15) is 17.1 Å². The molecule has 4 aromatic rings. The van der Waals surface area contributed by atoms with Crippen LogP contribution in [0.25, 0.3) is 21.9 Å². The van der Waals surface area contributed by atoms with E-state index in [-0.39, 0.29) is 5.97 Å². The predicted molar refractivity (Wildman–Crippen MR) is 159 cm³/mol. The molecule has 2 heterocycles. The van der Waals surface area contributed by atoms with Crippen molar-refractivity contribution in [1.29, 1.82) is 0 Å². The van der Waals surface area contributed by atoms with Gasteiger partial charge in [-0.15, -0.1) is 0 Å². The highest BCUT2D eigenvalue weighted by Gasteiger charge is 2.18. The number of aromatic nitrogens is 3. The Balaban J connectivity index is 1.47. The Morgan fingerprint density at radius 3 is 2.56 bits per heavy atom. The zero-order valence-electron chi connectivity index (χ0n) is 23.7. The van der Waals surface area contributed by atoms with Gasteiger partial charge >= 0.3 is 5.97 Å². The SMILES string of the molecule is CCCCc1nc2c(N)nc3ccccc3c2n1CCCC(CN(C)C)NCc1ccc(OC(=O)CC)cc1. The second kappa shape index (κ2) is 13.5. The summed E-state index contributed by atoms with van der Waals surface area (Å²) in [4.78, 5) is 23.4. The van der Waals surface area contributed by atoms with Crippen molar-refractivity contribution in [2.45, 2.75) is 71.5 Å². The van der Waals surface area contributed by atoms with Crippen LogP contribution in [0.4, 0.5) is 5.82 Å². The highest BCUT2D eigenvalue weighted by Crippen LogP contribution is 2.29. The molecule has 0 radical (unpaired) electrons. The number of aryl methyl sites for hydroxylation is 2. The van der Waals surface area contributed by atoms with Crippen molar-refractivity contribution in [3.8, 4) is 5.75 Å². The number of nitrogens with zero attached hydrogens (tertiary/aromatic N) is 4. The number of anilines is 1. The maximum absolute atomic E-state index is 11.5. The molecule has 39 heavy (non-hydrogen) atoms. The van der Waals surface area contributed by atoms with Gasteiger partial charge < -0.3 is 25.3 Å². The van der Waals surface area contributed by atoms with Crippen LogP contribution in [0.15, 0.2) is 48.5 Å². The third-order valence-electron chi connectivity index (χ3n) is 7.00. The van der Waals surface area contributed by atoms with Gasteiger partial charge in [-0.2, -0.15) is 0 Å². The molecule has 8 heteroatoms. The molecule has 8 nitrogen and oxygen atoms in total. The van der Waals surface area contributed by atoms with Crippen LogP contribution in [-0.2, 0) is 24.3 Å². The fourth-order valence-corrected chi connectivity index (χ4v) is 5.01. The first-order valence-electron chi connectivity index (χ1n) is 14.1. The molecule has 1 atom stereocenters. The molecule has 0 aliphatic carbocycles. The Labute approximate surface area is 231 Å². The van der Waals surface area contributed by atoms with Crippen LogP contribution in [0.3, 0.4) is 0 Å². The number of imidazole rings is 1. The highest BCUT2D eigenvalue weighted by atomic mass is 16.5. The van der Waals surface area contributed by atoms with E-state index in [2.05, 4.69) is 52.9 Å². The number of unbranched alkanes of at least 4 members (excludes halogenated alkanes) is 1. The van der Waals surface area contributed by atoms with E-state index < -0.39 is 0 Å². The molecule has 3 N–H and O–H groups in total. The maximum atomic E-state index is 11.5. The number of nitrogen functional groups attached to an aromatic ring is 1. The maximum Gasteiger partial charge on any atom is 0.310 e. The van der Waals surface area contributed by atoms with Gasteiger partial charge in [-0.1, -0.05) is 50.6 Å². The van der Waals surface area contributed by atoms with Crippen molar-refractivity contribution in [2.24, 2.45) is 0 Å². The lowest BCUT2D eigenvalue weighted by atomic mass is 10.1. The summed E-state index contributed by atoms with van der Waals surface area (Å²) in [6.07, 6.45) is 5.55. The molecule has 0 fully saturated rings. The van der Waals surface area contributed by atoms with Gasteiger partial charge in [-0.25, -0.2) is 9.97 Å². The fourth-order valence-electron chi connectivity index (χ4n) is 5.01. The average molecular weight is 531 g/mol. The Kier molecular flexibility index (Phi) is 9.90. The lowest BCUT2D eigenvalue weighted by Crippen LogP contribution is -2.38. The number of fused-ring (bicyclic) bond motifs is 3. The summed E-state index contributed by atoms with van der Waals surface area (Å²) in [5.41, 5.74) is 10.4. The highest BCUT2D eigenvalue weighted by molar-refractivity contribution is 6.06. The van der Waals surface area contributed by atoms with Crippen LogP contribution in [0, 0.1) is 0 Å². The van der Waals surface area contributed by atoms with Gasteiger partial charge in [-0.3, -0.25) is 4.79 Å². The molecule has 0 bridgehead atoms. The van der Waals surface area contributed by atoms with Crippen LogP contribution < -0.4 is 15.8 Å². The number of benzene rings is 2. The number of carbonyl (C=O) groups excluding carboxylic acids is 1. The van der Waals surface area contributed by atoms with E-state index in [1.165, 1.54) is 0 Å². The molecule has 2 aromatic heterocycles. The normalized spacial score (nSPS) is 12.4. The molecule has 2 aromatic carbocycles. The second-order valence-electron chi connectivity index (χ2n) is 10.4. The monoisotopic (exact) mass is 530 g/mol. The molecule has 0 spiro atoms. The number of nitrogens with two attached hydrogens (primary N) is 1. The molecule has 1 unspecified atom stereocenters. The molecule has 0 saturated carbocycles. The van der Waals surface area contributed by atoms with Crippen molar-refractivity contribution in [3.05, 3.63) is 59.9 Å². The largest absolute Gasteiger partial charge is 0.427 e. The third kappa shape index (κ3) is 7.34. The standard InChI is InChI=1S/C31H42N6O2/c1-5-7-14-27-35-29-30(25-12-8-9-13-26(25)34-31(29)32)37(27)19-10-11-23(21-36(3)4)33-20-22-15-17-24(18-16-22)39-28(38)6-2/h8-9,12-13,15-18,23,33H,5-7,10-11,14,19-21H2,1-4H3,(H2,32,34). The number of carbonyl (C=O) groups is 1. The lowest BCUT2D eigenvalue weighted by Gasteiger charge is -2.23. The van der Waals surface area contributed by atoms with Crippen LogP contribution in [0.5, 0.6) is 5.75 Å². The number of pyridine rings is 1. The summed E-state index contributed by atoms with van der Waals surface area (Å²) in [6.45, 7) is 6.58. The Morgan fingerprint density at radius 2 is 1.85 bits per heavy atom. The zero-order chi connectivity index (χ0) is 27.8.